The van der Waals surface area contributed by atoms with E-state index in [1.165, 1.54) is 21.0 Å². The molecule has 1 N–H and O–H groups in total. The zero-order chi connectivity index (χ0) is 6.78. The molecule has 0 bridgehead atoms. The largest absolute Gasteiger partial charge is 0.360 e. The average molecular weight is 141 g/mol. The van der Waals surface area contributed by atoms with E-state index >= 15 is 0 Å². The Hall–Kier alpha value is 0.590. The molecular formula is C5H10NaO3. The Bertz CT molecular complexity index is 100. The summed E-state index contributed by atoms with van der Waals surface area (Å²) < 4.78 is 4.41. The van der Waals surface area contributed by atoms with Crippen molar-refractivity contribution in [3.8, 4) is 0 Å². The average Bonchev–Trinajstić information content (AvgIpc) is 1.67. The van der Waals surface area contributed by atoms with Gasteiger partial charge in [-0.3, -0.25) is 4.79 Å². The van der Waals surface area contributed by atoms with Crippen molar-refractivity contribution >= 4 is 35.3 Å². The van der Waals surface area contributed by atoms with Crippen molar-refractivity contribution in [2.24, 2.45) is 0 Å². The molecule has 0 aliphatic carbocycles. The van der Waals surface area contributed by atoms with Gasteiger partial charge in [-0.15, -0.1) is 0 Å². The van der Waals surface area contributed by atoms with E-state index in [-0.39, 0.29) is 35.3 Å². The minimum absolute atomic E-state index is 0. The van der Waals surface area contributed by atoms with Crippen LogP contribution in [0.4, 0.5) is 0 Å². The van der Waals surface area contributed by atoms with Gasteiger partial charge in [0.05, 0.1) is 0 Å². The minimum atomic E-state index is -1.60. The zero-order valence-electron chi connectivity index (χ0n) is 6.26. The molecule has 0 amide bonds. The van der Waals surface area contributed by atoms with Crippen LogP contribution in [-0.2, 0) is 9.53 Å². The molecule has 1 atom stereocenters. The van der Waals surface area contributed by atoms with Gasteiger partial charge < -0.3 is 9.84 Å². The second-order valence-corrected chi connectivity index (χ2v) is 1.74. The maximum absolute atomic E-state index is 10.3. The van der Waals surface area contributed by atoms with Crippen molar-refractivity contribution < 1.29 is 14.6 Å². The normalized spacial score (nSPS) is 15.6. The first-order valence-corrected chi connectivity index (χ1v) is 2.29. The molecule has 1 radical (unpaired) electrons. The second kappa shape index (κ2) is 4.41. The van der Waals surface area contributed by atoms with Crippen LogP contribution in [0.1, 0.15) is 13.8 Å². The molecule has 0 aliphatic heterocycles. The summed E-state index contributed by atoms with van der Waals surface area (Å²) in [5.74, 6) is -1.99. The van der Waals surface area contributed by atoms with Crippen LogP contribution in [0.2, 0.25) is 0 Å². The number of rotatable bonds is 2. The van der Waals surface area contributed by atoms with Crippen molar-refractivity contribution in [2.45, 2.75) is 19.6 Å². The molecule has 0 aromatic carbocycles. The fourth-order valence-corrected chi connectivity index (χ4v) is 0.144. The maximum Gasteiger partial charge on any atom is 0.222 e. The first-order valence-electron chi connectivity index (χ1n) is 2.29. The standard InChI is InChI=1S/C5H10O3.Na/c1-4(6)5(2,7)8-3;/h7H,1-3H3;. The molecule has 1 unspecified atom stereocenters. The van der Waals surface area contributed by atoms with E-state index in [4.69, 9.17) is 5.11 Å². The molecule has 0 saturated carbocycles. The monoisotopic (exact) mass is 141 g/mol. The smallest absolute Gasteiger partial charge is 0.222 e. The van der Waals surface area contributed by atoms with E-state index in [1.54, 1.807) is 0 Å². The van der Waals surface area contributed by atoms with Gasteiger partial charge in [0.2, 0.25) is 5.79 Å². The summed E-state index contributed by atoms with van der Waals surface area (Å²) in [6.07, 6.45) is 0. The summed E-state index contributed by atoms with van der Waals surface area (Å²) in [5, 5.41) is 8.83. The van der Waals surface area contributed by atoms with Crippen molar-refractivity contribution in [1.82, 2.24) is 0 Å². The van der Waals surface area contributed by atoms with E-state index < -0.39 is 5.79 Å². The fraction of sp³-hybridized carbons (Fsp3) is 0.800. The molecule has 0 aliphatic rings. The predicted octanol–water partition coefficient (Wildman–Crippen LogP) is -0.451. The molecule has 0 aromatic heterocycles. The van der Waals surface area contributed by atoms with Crippen LogP contribution in [0.3, 0.4) is 0 Å². The third-order valence-electron chi connectivity index (χ3n) is 1.05. The van der Waals surface area contributed by atoms with E-state index in [0.717, 1.165) is 0 Å². The van der Waals surface area contributed by atoms with Gasteiger partial charge in [-0.2, -0.15) is 0 Å². The zero-order valence-corrected chi connectivity index (χ0v) is 8.26. The first kappa shape index (κ1) is 12.3. The van der Waals surface area contributed by atoms with E-state index in [2.05, 4.69) is 4.74 Å². The molecule has 0 aromatic rings. The van der Waals surface area contributed by atoms with Crippen LogP contribution in [0, 0.1) is 0 Å². The Morgan fingerprint density at radius 1 is 1.67 bits per heavy atom. The van der Waals surface area contributed by atoms with Gasteiger partial charge in [0, 0.05) is 43.6 Å². The summed E-state index contributed by atoms with van der Waals surface area (Å²) in [6, 6.07) is 0. The van der Waals surface area contributed by atoms with Gasteiger partial charge in [-0.05, 0) is 6.92 Å². The topological polar surface area (TPSA) is 46.5 Å². The number of methoxy groups -OCH3 is 1. The molecule has 0 fully saturated rings. The number of hydrogen-bond acceptors (Lipinski definition) is 3. The number of ether oxygens (including phenoxy) is 1. The Labute approximate surface area is 76.7 Å². The molecule has 0 rings (SSSR count). The van der Waals surface area contributed by atoms with Crippen molar-refractivity contribution in [3.63, 3.8) is 0 Å². The summed E-state index contributed by atoms with van der Waals surface area (Å²) in [4.78, 5) is 10.3. The SMILES string of the molecule is COC(C)(O)C(C)=O.[Na]. The quantitative estimate of drug-likeness (QED) is 0.418. The molecule has 9 heavy (non-hydrogen) atoms. The molecule has 0 heterocycles. The van der Waals surface area contributed by atoms with Gasteiger partial charge in [0.25, 0.3) is 0 Å². The molecular weight excluding hydrogens is 131 g/mol. The molecule has 0 spiro atoms. The Morgan fingerprint density at radius 2 is 2.00 bits per heavy atom. The van der Waals surface area contributed by atoms with Crippen molar-refractivity contribution in [3.05, 3.63) is 0 Å². The van der Waals surface area contributed by atoms with Crippen LogP contribution >= 0.6 is 0 Å². The summed E-state index contributed by atoms with van der Waals surface area (Å²) >= 11 is 0. The van der Waals surface area contributed by atoms with E-state index in [1.807, 2.05) is 0 Å². The van der Waals surface area contributed by atoms with Gasteiger partial charge in [0.1, 0.15) is 0 Å². The van der Waals surface area contributed by atoms with Gasteiger partial charge in [-0.25, -0.2) is 0 Å². The fourth-order valence-electron chi connectivity index (χ4n) is 0.144. The van der Waals surface area contributed by atoms with Crippen molar-refractivity contribution in [2.75, 3.05) is 7.11 Å². The van der Waals surface area contributed by atoms with Crippen LogP contribution in [0.25, 0.3) is 0 Å². The second-order valence-electron chi connectivity index (χ2n) is 1.74. The van der Waals surface area contributed by atoms with Gasteiger partial charge in [0.15, 0.2) is 5.78 Å². The number of carbonyl (C=O) groups is 1. The number of Topliss-reactive ketones (excluding diaryl/α,β-unsaturated/α-hetero) is 1. The third kappa shape index (κ3) is 4.06. The number of aliphatic hydroxyl groups is 1. The molecule has 0 saturated heterocycles. The first-order chi connectivity index (χ1) is 3.50. The van der Waals surface area contributed by atoms with Crippen LogP contribution in [-0.4, -0.2) is 53.3 Å². The summed E-state index contributed by atoms with van der Waals surface area (Å²) in [6.45, 7) is 2.57. The van der Waals surface area contributed by atoms with Crippen LogP contribution in [0.15, 0.2) is 0 Å². The summed E-state index contributed by atoms with van der Waals surface area (Å²) in [7, 11) is 1.28. The minimum Gasteiger partial charge on any atom is -0.360 e. The number of ketones is 1. The molecule has 3 nitrogen and oxygen atoms in total. The van der Waals surface area contributed by atoms with Gasteiger partial charge >= 0.3 is 0 Å². The Morgan fingerprint density at radius 3 is 2.00 bits per heavy atom. The molecule has 49 valence electrons. The van der Waals surface area contributed by atoms with E-state index in [0.29, 0.717) is 0 Å². The summed E-state index contributed by atoms with van der Waals surface area (Å²) in [5.41, 5.74) is 0. The molecule has 4 heteroatoms. The number of carbonyl (C=O) groups excluding carboxylic acids is 1. The Kier molecular flexibility index (Phi) is 6.02. The van der Waals surface area contributed by atoms with Crippen molar-refractivity contribution in [1.29, 1.82) is 0 Å². The van der Waals surface area contributed by atoms with E-state index in [9.17, 15) is 4.79 Å². The maximum atomic E-state index is 10.3. The van der Waals surface area contributed by atoms with Crippen LogP contribution in [0.5, 0.6) is 0 Å². The third-order valence-corrected chi connectivity index (χ3v) is 1.05. The van der Waals surface area contributed by atoms with Gasteiger partial charge in [-0.1, -0.05) is 0 Å². The van der Waals surface area contributed by atoms with Crippen LogP contribution < -0.4 is 0 Å². The predicted molar refractivity (Wildman–Crippen MR) is 34.1 cm³/mol. The Balaban J connectivity index is 0. The number of hydrogen-bond donors (Lipinski definition) is 1.